The van der Waals surface area contributed by atoms with Crippen LogP contribution in [0.15, 0.2) is 74.9 Å². The molecule has 1 atom stereocenters. The van der Waals surface area contributed by atoms with Crippen molar-refractivity contribution >= 4 is 35.6 Å². The number of hydrogen-bond acceptors (Lipinski definition) is 6. The highest BCUT2D eigenvalue weighted by Gasteiger charge is 2.25. The van der Waals surface area contributed by atoms with E-state index in [0.29, 0.717) is 25.6 Å². The van der Waals surface area contributed by atoms with Crippen LogP contribution in [-0.2, 0) is 13.1 Å². The number of non-ortho nitro benzene ring substituents is 1. The van der Waals surface area contributed by atoms with Crippen molar-refractivity contribution in [3.63, 3.8) is 0 Å². The van der Waals surface area contributed by atoms with Crippen LogP contribution in [0, 0.1) is 10.1 Å². The molecule has 176 valence electrons. The lowest BCUT2D eigenvalue weighted by atomic mass is 10.2. The minimum atomic E-state index is -0.405. The number of nitrogens with zero attached hydrogens (tertiary/aromatic N) is 3. The maximum absolute atomic E-state index is 10.9. The van der Waals surface area contributed by atoms with Crippen LogP contribution in [0.5, 0.6) is 0 Å². The molecular formula is C23H28IN5O4. The average molecular weight is 565 g/mol. The van der Waals surface area contributed by atoms with E-state index in [4.69, 9.17) is 8.83 Å². The zero-order chi connectivity index (χ0) is 22.2. The molecule has 10 heteroatoms. The van der Waals surface area contributed by atoms with Crippen molar-refractivity contribution in [3.8, 4) is 0 Å². The van der Waals surface area contributed by atoms with Gasteiger partial charge in [0.1, 0.15) is 11.5 Å². The lowest BCUT2D eigenvalue weighted by Gasteiger charge is -2.26. The molecule has 0 radical (unpaired) electrons. The highest BCUT2D eigenvalue weighted by atomic mass is 127. The van der Waals surface area contributed by atoms with Gasteiger partial charge in [-0.25, -0.2) is 4.99 Å². The van der Waals surface area contributed by atoms with Crippen molar-refractivity contribution in [2.75, 3.05) is 19.6 Å². The van der Waals surface area contributed by atoms with Gasteiger partial charge in [-0.3, -0.25) is 15.0 Å². The van der Waals surface area contributed by atoms with Gasteiger partial charge >= 0.3 is 0 Å². The Morgan fingerprint density at radius 1 is 1.06 bits per heavy atom. The van der Waals surface area contributed by atoms with Gasteiger partial charge in [-0.2, -0.15) is 0 Å². The molecule has 0 amide bonds. The Hall–Kier alpha value is -2.86. The third-order valence-corrected chi connectivity index (χ3v) is 5.49. The molecule has 9 nitrogen and oxygen atoms in total. The first-order valence-corrected chi connectivity index (χ1v) is 10.7. The van der Waals surface area contributed by atoms with Gasteiger partial charge in [0, 0.05) is 18.7 Å². The van der Waals surface area contributed by atoms with Gasteiger partial charge in [-0.15, -0.1) is 24.0 Å². The number of benzene rings is 1. The lowest BCUT2D eigenvalue weighted by Crippen LogP contribution is -2.42. The molecule has 0 saturated carbocycles. The van der Waals surface area contributed by atoms with E-state index in [1.807, 2.05) is 24.3 Å². The summed E-state index contributed by atoms with van der Waals surface area (Å²) in [5.41, 5.74) is 0.954. The van der Waals surface area contributed by atoms with E-state index < -0.39 is 4.92 Å². The Morgan fingerprint density at radius 3 is 2.42 bits per heavy atom. The SMILES string of the molecule is I.O=[N+]([O-])c1ccc(CN=C(NCc2ccco2)NCC(c2ccco2)N2CCCC2)cc1. The molecular weight excluding hydrogens is 537 g/mol. The summed E-state index contributed by atoms with van der Waals surface area (Å²) in [6, 6.07) is 14.2. The Balaban J connectivity index is 0.00000306. The van der Waals surface area contributed by atoms with E-state index in [0.717, 1.165) is 30.2 Å². The van der Waals surface area contributed by atoms with E-state index in [1.54, 1.807) is 24.7 Å². The fraction of sp³-hybridized carbons (Fsp3) is 0.348. The number of guanidine groups is 1. The summed E-state index contributed by atoms with van der Waals surface area (Å²) in [7, 11) is 0. The van der Waals surface area contributed by atoms with Gasteiger partial charge < -0.3 is 19.5 Å². The van der Waals surface area contributed by atoms with E-state index in [1.165, 1.54) is 25.0 Å². The maximum atomic E-state index is 10.9. The molecule has 1 fully saturated rings. The highest BCUT2D eigenvalue weighted by Crippen LogP contribution is 2.24. The second-order valence-electron chi connectivity index (χ2n) is 7.68. The smallest absolute Gasteiger partial charge is 0.269 e. The van der Waals surface area contributed by atoms with Crippen LogP contribution in [0.2, 0.25) is 0 Å². The molecule has 2 N–H and O–H groups in total. The predicted molar refractivity (Wildman–Crippen MR) is 135 cm³/mol. The summed E-state index contributed by atoms with van der Waals surface area (Å²) in [5, 5.41) is 17.6. The van der Waals surface area contributed by atoms with E-state index in [-0.39, 0.29) is 35.7 Å². The largest absolute Gasteiger partial charge is 0.468 e. The molecule has 0 aliphatic carbocycles. The van der Waals surface area contributed by atoms with E-state index in [2.05, 4.69) is 20.5 Å². The zero-order valence-corrected chi connectivity index (χ0v) is 20.5. The first kappa shape index (κ1) is 24.8. The van der Waals surface area contributed by atoms with Gasteiger partial charge in [0.2, 0.25) is 0 Å². The molecule has 3 aromatic rings. The van der Waals surface area contributed by atoms with E-state index in [9.17, 15) is 10.1 Å². The third-order valence-electron chi connectivity index (χ3n) is 5.49. The Kier molecular flexibility index (Phi) is 9.31. The summed E-state index contributed by atoms with van der Waals surface area (Å²) >= 11 is 0. The number of furan rings is 2. The van der Waals surface area contributed by atoms with Crippen LogP contribution in [-0.4, -0.2) is 35.4 Å². The van der Waals surface area contributed by atoms with Gasteiger partial charge in [-0.05, 0) is 55.8 Å². The number of aliphatic imine (C=N–C) groups is 1. The Labute approximate surface area is 209 Å². The van der Waals surface area contributed by atoms with Crippen LogP contribution in [0.25, 0.3) is 0 Å². The summed E-state index contributed by atoms with van der Waals surface area (Å²) in [4.78, 5) is 17.6. The summed E-state index contributed by atoms with van der Waals surface area (Å²) in [6.07, 6.45) is 5.72. The number of rotatable bonds is 9. The monoisotopic (exact) mass is 565 g/mol. The first-order chi connectivity index (χ1) is 15.7. The van der Waals surface area contributed by atoms with Crippen LogP contribution in [0.4, 0.5) is 5.69 Å². The minimum absolute atomic E-state index is 0. The molecule has 1 unspecified atom stereocenters. The molecule has 2 aromatic heterocycles. The van der Waals surface area contributed by atoms with Gasteiger partial charge in [-0.1, -0.05) is 12.1 Å². The molecule has 1 aliphatic rings. The van der Waals surface area contributed by atoms with Gasteiger partial charge in [0.25, 0.3) is 5.69 Å². The van der Waals surface area contributed by atoms with Crippen LogP contribution in [0.1, 0.15) is 36.0 Å². The third kappa shape index (κ3) is 7.06. The summed E-state index contributed by atoms with van der Waals surface area (Å²) < 4.78 is 11.1. The molecule has 0 bridgehead atoms. The number of hydrogen-bond donors (Lipinski definition) is 2. The van der Waals surface area contributed by atoms with Crippen molar-refractivity contribution in [1.29, 1.82) is 0 Å². The van der Waals surface area contributed by atoms with Crippen molar-refractivity contribution in [1.82, 2.24) is 15.5 Å². The van der Waals surface area contributed by atoms with Gasteiger partial charge in [0.15, 0.2) is 5.96 Å². The maximum Gasteiger partial charge on any atom is 0.269 e. The van der Waals surface area contributed by atoms with Crippen molar-refractivity contribution in [2.24, 2.45) is 4.99 Å². The van der Waals surface area contributed by atoms with Crippen molar-refractivity contribution < 1.29 is 13.8 Å². The topological polar surface area (TPSA) is 109 Å². The van der Waals surface area contributed by atoms with Crippen LogP contribution in [0.3, 0.4) is 0 Å². The fourth-order valence-corrected chi connectivity index (χ4v) is 3.79. The lowest BCUT2D eigenvalue weighted by molar-refractivity contribution is -0.384. The first-order valence-electron chi connectivity index (χ1n) is 10.7. The van der Waals surface area contributed by atoms with Gasteiger partial charge in [0.05, 0.1) is 36.6 Å². The molecule has 3 heterocycles. The molecule has 0 spiro atoms. The quantitative estimate of drug-likeness (QED) is 0.130. The number of halogens is 1. The number of nitro benzene ring substituents is 1. The number of nitro groups is 1. The van der Waals surface area contributed by atoms with Crippen molar-refractivity contribution in [2.45, 2.75) is 32.0 Å². The average Bonchev–Trinajstić information content (AvgIpc) is 3.59. The molecule has 1 aromatic carbocycles. The minimum Gasteiger partial charge on any atom is -0.468 e. The normalized spacial score (nSPS) is 15.1. The summed E-state index contributed by atoms with van der Waals surface area (Å²) in [5.74, 6) is 2.37. The fourth-order valence-electron chi connectivity index (χ4n) is 3.79. The number of likely N-dealkylation sites (tertiary alicyclic amines) is 1. The molecule has 1 saturated heterocycles. The molecule has 1 aliphatic heterocycles. The molecule has 4 rings (SSSR count). The van der Waals surface area contributed by atoms with E-state index >= 15 is 0 Å². The highest BCUT2D eigenvalue weighted by molar-refractivity contribution is 14.0. The Morgan fingerprint density at radius 2 is 1.79 bits per heavy atom. The van der Waals surface area contributed by atoms with Crippen LogP contribution >= 0.6 is 24.0 Å². The van der Waals surface area contributed by atoms with Crippen LogP contribution < -0.4 is 10.6 Å². The second kappa shape index (κ2) is 12.4. The summed E-state index contributed by atoms with van der Waals surface area (Å²) in [6.45, 7) is 3.61. The Bertz CT molecular complexity index is 1000. The van der Waals surface area contributed by atoms with Crippen molar-refractivity contribution in [3.05, 3.63) is 88.3 Å². The molecule has 33 heavy (non-hydrogen) atoms. The zero-order valence-electron chi connectivity index (χ0n) is 18.2. The standard InChI is InChI=1S/C23H27N5O4.HI/c29-28(30)19-9-7-18(8-10-19)15-24-23(25-16-20-5-3-13-31-20)26-17-21(22-6-4-14-32-22)27-11-1-2-12-27;/h3-10,13-14,21H,1-2,11-12,15-17H2,(H2,24,25,26);1H. The number of nitrogens with one attached hydrogen (secondary N) is 2. The predicted octanol–water partition coefficient (Wildman–Crippen LogP) is 4.47. The second-order valence-corrected chi connectivity index (χ2v) is 7.68.